The second-order valence-electron chi connectivity index (χ2n) is 11.2. The minimum absolute atomic E-state index is 0.0104. The van der Waals surface area contributed by atoms with Crippen LogP contribution < -0.4 is 4.74 Å². The number of aromatic nitrogens is 1. The van der Waals surface area contributed by atoms with Gasteiger partial charge >= 0.3 is 5.97 Å². The standard InChI is InChI=1S/C31H40N2O4/c1-20-9-11-26-25(16-20)24(13-14-32(7)8)19-33(26)28(35)18-31(5,6)30-22(3)15-21(2)17-27(30)37-29(36)12-10-23(4)34/h9,11,15-17,19H,10,12-14,18H2,1-8H3. The first-order chi connectivity index (χ1) is 17.3. The van der Waals surface area contributed by atoms with Crippen molar-refractivity contribution in [3.05, 3.63) is 64.3 Å². The van der Waals surface area contributed by atoms with Crippen molar-refractivity contribution in [1.29, 1.82) is 0 Å². The van der Waals surface area contributed by atoms with Crippen LogP contribution in [0.4, 0.5) is 0 Å². The van der Waals surface area contributed by atoms with Crippen LogP contribution in [0.5, 0.6) is 5.75 Å². The third-order valence-corrected chi connectivity index (χ3v) is 6.76. The van der Waals surface area contributed by atoms with Gasteiger partial charge in [-0.3, -0.25) is 14.2 Å². The van der Waals surface area contributed by atoms with Crippen LogP contribution in [-0.4, -0.2) is 47.8 Å². The molecule has 3 rings (SSSR count). The van der Waals surface area contributed by atoms with Gasteiger partial charge in [-0.15, -0.1) is 0 Å². The molecule has 0 bridgehead atoms. The van der Waals surface area contributed by atoms with Crippen molar-refractivity contribution in [3.8, 4) is 5.75 Å². The first kappa shape index (κ1) is 28.3. The number of fused-ring (bicyclic) bond motifs is 1. The van der Waals surface area contributed by atoms with E-state index in [4.69, 9.17) is 4.74 Å². The molecule has 0 spiro atoms. The molecule has 0 atom stereocenters. The van der Waals surface area contributed by atoms with Gasteiger partial charge in [0.2, 0.25) is 5.91 Å². The lowest BCUT2D eigenvalue weighted by atomic mass is 9.78. The quantitative estimate of drug-likeness (QED) is 0.252. The Balaban J connectivity index is 1.96. The van der Waals surface area contributed by atoms with E-state index in [1.54, 1.807) is 4.57 Å². The van der Waals surface area contributed by atoms with Gasteiger partial charge in [-0.05, 0) is 83.1 Å². The average molecular weight is 505 g/mol. The molecular weight excluding hydrogens is 464 g/mol. The highest BCUT2D eigenvalue weighted by atomic mass is 16.5. The zero-order valence-electron chi connectivity index (χ0n) is 23.5. The second kappa shape index (κ2) is 11.4. The molecule has 0 N–H and O–H groups in total. The van der Waals surface area contributed by atoms with Gasteiger partial charge in [0.05, 0.1) is 11.9 Å². The largest absolute Gasteiger partial charge is 0.426 e. The number of esters is 1. The summed E-state index contributed by atoms with van der Waals surface area (Å²) in [6.07, 6.45) is 3.26. The number of nitrogens with zero attached hydrogens (tertiary/aromatic N) is 2. The number of rotatable bonds is 10. The molecule has 0 radical (unpaired) electrons. The van der Waals surface area contributed by atoms with Crippen LogP contribution in [0.15, 0.2) is 36.5 Å². The maximum Gasteiger partial charge on any atom is 0.311 e. The summed E-state index contributed by atoms with van der Waals surface area (Å²) in [5, 5.41) is 1.11. The van der Waals surface area contributed by atoms with Crippen molar-refractivity contribution in [2.24, 2.45) is 0 Å². The van der Waals surface area contributed by atoms with E-state index in [0.29, 0.717) is 5.75 Å². The van der Waals surface area contributed by atoms with E-state index in [0.717, 1.165) is 51.7 Å². The van der Waals surface area contributed by atoms with E-state index < -0.39 is 11.4 Å². The van der Waals surface area contributed by atoms with Gasteiger partial charge in [0.1, 0.15) is 11.5 Å². The average Bonchev–Trinajstić information content (AvgIpc) is 3.13. The van der Waals surface area contributed by atoms with Gasteiger partial charge in [-0.1, -0.05) is 31.5 Å². The van der Waals surface area contributed by atoms with Gasteiger partial charge in [-0.25, -0.2) is 0 Å². The van der Waals surface area contributed by atoms with Crippen molar-refractivity contribution >= 4 is 28.6 Å². The lowest BCUT2D eigenvalue weighted by molar-refractivity contribution is -0.136. The van der Waals surface area contributed by atoms with E-state index >= 15 is 0 Å². The zero-order chi connectivity index (χ0) is 27.5. The van der Waals surface area contributed by atoms with Gasteiger partial charge in [0, 0.05) is 41.9 Å². The number of carbonyl (C=O) groups is 3. The van der Waals surface area contributed by atoms with Crippen molar-refractivity contribution < 1.29 is 19.1 Å². The third kappa shape index (κ3) is 6.95. The summed E-state index contributed by atoms with van der Waals surface area (Å²) in [7, 11) is 4.10. The van der Waals surface area contributed by atoms with E-state index in [1.165, 1.54) is 6.92 Å². The molecule has 0 unspecified atom stereocenters. The number of hydrogen-bond acceptors (Lipinski definition) is 5. The van der Waals surface area contributed by atoms with E-state index in [1.807, 2.05) is 72.3 Å². The molecule has 2 aromatic carbocycles. The van der Waals surface area contributed by atoms with Crippen LogP contribution in [0.2, 0.25) is 0 Å². The molecule has 0 aliphatic rings. The predicted molar refractivity (Wildman–Crippen MR) is 149 cm³/mol. The molecule has 1 heterocycles. The van der Waals surface area contributed by atoms with Crippen LogP contribution >= 0.6 is 0 Å². The molecule has 3 aromatic rings. The topological polar surface area (TPSA) is 68.6 Å². The van der Waals surface area contributed by atoms with Crippen molar-refractivity contribution in [3.63, 3.8) is 0 Å². The minimum Gasteiger partial charge on any atom is -0.426 e. The van der Waals surface area contributed by atoms with E-state index in [-0.39, 0.29) is 31.0 Å². The van der Waals surface area contributed by atoms with E-state index in [2.05, 4.69) is 17.9 Å². The highest BCUT2D eigenvalue weighted by Gasteiger charge is 2.31. The summed E-state index contributed by atoms with van der Waals surface area (Å²) >= 11 is 0. The molecule has 37 heavy (non-hydrogen) atoms. The van der Waals surface area contributed by atoms with Gasteiger partial charge in [0.25, 0.3) is 0 Å². The van der Waals surface area contributed by atoms with Crippen LogP contribution in [-0.2, 0) is 21.4 Å². The summed E-state index contributed by atoms with van der Waals surface area (Å²) in [5.41, 5.74) is 5.40. The van der Waals surface area contributed by atoms with Gasteiger partial charge < -0.3 is 14.4 Å². The third-order valence-electron chi connectivity index (χ3n) is 6.76. The fraction of sp³-hybridized carbons (Fsp3) is 0.452. The summed E-state index contributed by atoms with van der Waals surface area (Å²) in [5.74, 6) is -0.0456. The van der Waals surface area contributed by atoms with Gasteiger partial charge in [-0.2, -0.15) is 0 Å². The van der Waals surface area contributed by atoms with Crippen molar-refractivity contribution in [2.75, 3.05) is 20.6 Å². The highest BCUT2D eigenvalue weighted by molar-refractivity contribution is 5.95. The summed E-state index contributed by atoms with van der Waals surface area (Å²) < 4.78 is 7.54. The molecular formula is C31H40N2O4. The first-order valence-corrected chi connectivity index (χ1v) is 12.9. The molecule has 0 saturated heterocycles. The molecule has 0 aliphatic carbocycles. The molecule has 198 valence electrons. The van der Waals surface area contributed by atoms with Crippen LogP contribution in [0.1, 0.15) is 72.6 Å². The SMILES string of the molecule is CC(=O)CCC(=O)Oc1cc(C)cc(C)c1C(C)(C)CC(=O)n1cc(CCN(C)C)c2cc(C)ccc21. The fourth-order valence-corrected chi connectivity index (χ4v) is 5.04. The fourth-order valence-electron chi connectivity index (χ4n) is 5.04. The van der Waals surface area contributed by atoms with Crippen molar-refractivity contribution in [2.45, 2.75) is 72.6 Å². The Kier molecular flexibility index (Phi) is 8.75. The Morgan fingerprint density at radius 3 is 2.32 bits per heavy atom. The number of hydrogen-bond donors (Lipinski definition) is 0. The molecule has 6 nitrogen and oxygen atoms in total. The van der Waals surface area contributed by atoms with Crippen LogP contribution in [0.3, 0.4) is 0 Å². The maximum absolute atomic E-state index is 13.8. The Bertz CT molecular complexity index is 1330. The summed E-state index contributed by atoms with van der Waals surface area (Å²) in [6.45, 7) is 12.4. The number of Topliss-reactive ketones (excluding diaryl/α,β-unsaturated/α-hetero) is 1. The number of aryl methyl sites for hydroxylation is 3. The Morgan fingerprint density at radius 2 is 1.68 bits per heavy atom. The molecule has 0 fully saturated rings. The van der Waals surface area contributed by atoms with Gasteiger partial charge in [0.15, 0.2) is 0 Å². The van der Waals surface area contributed by atoms with Crippen molar-refractivity contribution in [1.82, 2.24) is 9.47 Å². The molecule has 0 aliphatic heterocycles. The summed E-state index contributed by atoms with van der Waals surface area (Å²) in [4.78, 5) is 39.8. The lowest BCUT2D eigenvalue weighted by Gasteiger charge is -2.29. The summed E-state index contributed by atoms with van der Waals surface area (Å²) in [6, 6.07) is 10.1. The maximum atomic E-state index is 13.8. The smallest absolute Gasteiger partial charge is 0.311 e. The molecule has 1 aromatic heterocycles. The number of ether oxygens (including phenoxy) is 1. The molecule has 0 amide bonds. The highest BCUT2D eigenvalue weighted by Crippen LogP contribution is 2.39. The Hall–Kier alpha value is -3.25. The number of likely N-dealkylation sites (N-methyl/N-ethyl adjacent to an activating group) is 1. The van der Waals surface area contributed by atoms with Crippen LogP contribution in [0.25, 0.3) is 10.9 Å². The number of benzene rings is 2. The lowest BCUT2D eigenvalue weighted by Crippen LogP contribution is -2.27. The first-order valence-electron chi connectivity index (χ1n) is 12.9. The number of carbonyl (C=O) groups excluding carboxylic acids is 3. The normalized spacial score (nSPS) is 11.8. The minimum atomic E-state index is -0.601. The van der Waals surface area contributed by atoms with Crippen LogP contribution in [0, 0.1) is 20.8 Å². The monoisotopic (exact) mass is 504 g/mol. The Morgan fingerprint density at radius 1 is 0.973 bits per heavy atom. The number of ketones is 1. The predicted octanol–water partition coefficient (Wildman–Crippen LogP) is 5.95. The second-order valence-corrected chi connectivity index (χ2v) is 11.2. The van der Waals surface area contributed by atoms with E-state index in [9.17, 15) is 14.4 Å². The zero-order valence-corrected chi connectivity index (χ0v) is 23.5. The molecule has 0 saturated carbocycles. The molecule has 6 heteroatoms. The Labute approximate surface area is 220 Å².